The largest absolute Gasteiger partial charge is 0.341 e. The topological polar surface area (TPSA) is 105 Å². The van der Waals surface area contributed by atoms with Gasteiger partial charge in [-0.2, -0.15) is 0 Å². The number of fused-ring (bicyclic) bond motifs is 1. The van der Waals surface area contributed by atoms with Crippen molar-refractivity contribution in [1.82, 2.24) is 25.2 Å². The molecule has 2 atom stereocenters. The summed E-state index contributed by atoms with van der Waals surface area (Å²) in [7, 11) is -2.95. The van der Waals surface area contributed by atoms with Gasteiger partial charge in [0.25, 0.3) is 0 Å². The molecule has 2 saturated heterocycles. The number of nitrogens with zero attached hydrogens (tertiary/aromatic N) is 4. The number of sulfone groups is 1. The summed E-state index contributed by atoms with van der Waals surface area (Å²) in [6.07, 6.45) is 4.19. The second-order valence-electron chi connectivity index (χ2n) is 7.69. The standard InChI is InChI=1S/C19H25N5O3S/c1-13-22-18(16-5-2-7-20-19(16)23-13)14-4-3-8-24(11-14)17(25)10-21-15-6-9-28(26,27)12-15/h2,5,7,14-15,21H,3-4,6,8-12H2,1H3. The van der Waals surface area contributed by atoms with Crippen LogP contribution in [0, 0.1) is 6.92 Å². The maximum atomic E-state index is 12.7. The molecule has 0 saturated carbocycles. The number of carbonyl (C=O) groups excluding carboxylic acids is 1. The average molecular weight is 404 g/mol. The van der Waals surface area contributed by atoms with E-state index >= 15 is 0 Å². The molecule has 9 heteroatoms. The monoisotopic (exact) mass is 403 g/mol. The molecule has 28 heavy (non-hydrogen) atoms. The van der Waals surface area contributed by atoms with E-state index in [4.69, 9.17) is 0 Å². The van der Waals surface area contributed by atoms with Gasteiger partial charge in [-0.25, -0.2) is 23.4 Å². The van der Waals surface area contributed by atoms with Crippen molar-refractivity contribution in [3.63, 3.8) is 0 Å². The highest BCUT2D eigenvalue weighted by Crippen LogP contribution is 2.30. The zero-order valence-corrected chi connectivity index (χ0v) is 16.8. The number of hydrogen-bond donors (Lipinski definition) is 1. The second-order valence-corrected chi connectivity index (χ2v) is 9.92. The molecule has 2 aromatic rings. The van der Waals surface area contributed by atoms with Crippen LogP contribution in [0.5, 0.6) is 0 Å². The SMILES string of the molecule is Cc1nc(C2CCCN(C(=O)CNC3CCS(=O)(=O)C3)C2)c2cccnc2n1. The van der Waals surface area contributed by atoms with E-state index in [0.717, 1.165) is 30.5 Å². The molecule has 0 aliphatic carbocycles. The predicted molar refractivity (Wildman–Crippen MR) is 106 cm³/mol. The van der Waals surface area contributed by atoms with Crippen LogP contribution in [0.25, 0.3) is 11.0 Å². The highest BCUT2D eigenvalue weighted by Gasteiger charge is 2.30. The lowest BCUT2D eigenvalue weighted by atomic mass is 9.92. The van der Waals surface area contributed by atoms with Gasteiger partial charge in [-0.3, -0.25) is 4.79 Å². The van der Waals surface area contributed by atoms with Crippen LogP contribution in [0.1, 0.15) is 36.7 Å². The van der Waals surface area contributed by atoms with Gasteiger partial charge in [0.05, 0.1) is 23.7 Å². The Morgan fingerprint density at radius 3 is 2.96 bits per heavy atom. The quantitative estimate of drug-likeness (QED) is 0.805. The molecule has 2 fully saturated rings. The Morgan fingerprint density at radius 1 is 1.32 bits per heavy atom. The average Bonchev–Trinajstić information content (AvgIpc) is 3.04. The summed E-state index contributed by atoms with van der Waals surface area (Å²) in [5.74, 6) is 1.19. The van der Waals surface area contributed by atoms with E-state index in [9.17, 15) is 13.2 Å². The predicted octanol–water partition coefficient (Wildman–Crippen LogP) is 0.816. The number of carbonyl (C=O) groups is 1. The van der Waals surface area contributed by atoms with Crippen molar-refractivity contribution >= 4 is 26.8 Å². The fraction of sp³-hybridized carbons (Fsp3) is 0.579. The van der Waals surface area contributed by atoms with Gasteiger partial charge < -0.3 is 10.2 Å². The second kappa shape index (κ2) is 7.71. The number of likely N-dealkylation sites (tertiary alicyclic amines) is 1. The molecule has 0 bridgehead atoms. The van der Waals surface area contributed by atoms with E-state index in [1.54, 1.807) is 6.20 Å². The fourth-order valence-electron chi connectivity index (χ4n) is 4.14. The molecule has 1 amide bonds. The van der Waals surface area contributed by atoms with Crippen LogP contribution in [0.15, 0.2) is 18.3 Å². The minimum absolute atomic E-state index is 0.0159. The van der Waals surface area contributed by atoms with E-state index in [2.05, 4.69) is 20.3 Å². The summed E-state index contributed by atoms with van der Waals surface area (Å²) in [4.78, 5) is 28.0. The van der Waals surface area contributed by atoms with Gasteiger partial charge in [0.2, 0.25) is 5.91 Å². The van der Waals surface area contributed by atoms with Crippen LogP contribution in [0.4, 0.5) is 0 Å². The zero-order chi connectivity index (χ0) is 19.7. The van der Waals surface area contributed by atoms with Crippen molar-refractivity contribution in [1.29, 1.82) is 0 Å². The number of hydrogen-bond acceptors (Lipinski definition) is 7. The maximum Gasteiger partial charge on any atom is 0.236 e. The Balaban J connectivity index is 1.44. The molecule has 2 aromatic heterocycles. The Hall–Kier alpha value is -2.13. The van der Waals surface area contributed by atoms with Gasteiger partial charge in [0.15, 0.2) is 15.5 Å². The third-order valence-electron chi connectivity index (χ3n) is 5.55. The molecular formula is C19H25N5O3S. The third kappa shape index (κ3) is 4.15. The van der Waals surface area contributed by atoms with E-state index in [0.29, 0.717) is 24.4 Å². The number of nitrogens with one attached hydrogen (secondary N) is 1. The van der Waals surface area contributed by atoms with Gasteiger partial charge in [0.1, 0.15) is 5.82 Å². The number of aryl methyl sites for hydroxylation is 1. The van der Waals surface area contributed by atoms with Crippen LogP contribution in [0.2, 0.25) is 0 Å². The van der Waals surface area contributed by atoms with E-state index in [1.807, 2.05) is 24.0 Å². The number of aromatic nitrogens is 3. The minimum Gasteiger partial charge on any atom is -0.341 e. The molecule has 0 radical (unpaired) electrons. The molecule has 4 heterocycles. The summed E-state index contributed by atoms with van der Waals surface area (Å²) in [6.45, 7) is 3.38. The van der Waals surface area contributed by atoms with Crippen molar-refractivity contribution in [2.45, 2.75) is 38.1 Å². The Bertz CT molecular complexity index is 994. The normalized spacial score (nSPS) is 24.5. The third-order valence-corrected chi connectivity index (χ3v) is 7.32. The molecule has 150 valence electrons. The lowest BCUT2D eigenvalue weighted by molar-refractivity contribution is -0.131. The summed E-state index contributed by atoms with van der Waals surface area (Å²) < 4.78 is 23.1. The van der Waals surface area contributed by atoms with Gasteiger partial charge in [-0.05, 0) is 38.3 Å². The number of amides is 1. The summed E-state index contributed by atoms with van der Waals surface area (Å²) in [5, 5.41) is 4.07. The molecule has 8 nitrogen and oxygen atoms in total. The molecule has 2 aliphatic rings. The maximum absolute atomic E-state index is 12.7. The smallest absolute Gasteiger partial charge is 0.236 e. The van der Waals surface area contributed by atoms with E-state index in [1.165, 1.54) is 0 Å². The Morgan fingerprint density at radius 2 is 2.18 bits per heavy atom. The highest BCUT2D eigenvalue weighted by atomic mass is 32.2. The summed E-state index contributed by atoms with van der Waals surface area (Å²) in [5.41, 5.74) is 1.65. The molecular weight excluding hydrogens is 378 g/mol. The number of rotatable bonds is 4. The first-order chi connectivity index (χ1) is 13.4. The van der Waals surface area contributed by atoms with Crippen molar-refractivity contribution in [3.8, 4) is 0 Å². The molecule has 0 aromatic carbocycles. The first-order valence-electron chi connectivity index (χ1n) is 9.72. The first-order valence-corrected chi connectivity index (χ1v) is 11.5. The molecule has 0 spiro atoms. The lowest BCUT2D eigenvalue weighted by Crippen LogP contribution is -2.45. The van der Waals surface area contributed by atoms with Gasteiger partial charge in [-0.1, -0.05) is 0 Å². The molecule has 1 N–H and O–H groups in total. The van der Waals surface area contributed by atoms with E-state index < -0.39 is 9.84 Å². The van der Waals surface area contributed by atoms with Crippen molar-refractivity contribution in [3.05, 3.63) is 29.8 Å². The fourth-order valence-corrected chi connectivity index (χ4v) is 5.84. The van der Waals surface area contributed by atoms with Gasteiger partial charge >= 0.3 is 0 Å². The number of piperidine rings is 1. The summed E-state index contributed by atoms with van der Waals surface area (Å²) in [6, 6.07) is 3.75. The van der Waals surface area contributed by atoms with Crippen LogP contribution in [0.3, 0.4) is 0 Å². The molecule has 4 rings (SSSR count). The minimum atomic E-state index is -2.95. The Labute approximate surface area is 164 Å². The zero-order valence-electron chi connectivity index (χ0n) is 16.0. The van der Waals surface area contributed by atoms with Crippen molar-refractivity contribution < 1.29 is 13.2 Å². The van der Waals surface area contributed by atoms with Gasteiger partial charge in [0, 0.05) is 36.6 Å². The molecule has 2 unspecified atom stereocenters. The first kappa shape index (κ1) is 19.2. The van der Waals surface area contributed by atoms with Crippen molar-refractivity contribution in [2.75, 3.05) is 31.1 Å². The molecule has 2 aliphatic heterocycles. The van der Waals surface area contributed by atoms with Crippen LogP contribution < -0.4 is 5.32 Å². The lowest BCUT2D eigenvalue weighted by Gasteiger charge is -2.33. The van der Waals surface area contributed by atoms with Crippen LogP contribution in [-0.4, -0.2) is 71.4 Å². The van der Waals surface area contributed by atoms with E-state index in [-0.39, 0.29) is 35.9 Å². The van der Waals surface area contributed by atoms with Crippen LogP contribution >= 0.6 is 0 Å². The Kier molecular flexibility index (Phi) is 5.29. The highest BCUT2D eigenvalue weighted by molar-refractivity contribution is 7.91. The number of pyridine rings is 1. The van der Waals surface area contributed by atoms with Crippen molar-refractivity contribution in [2.24, 2.45) is 0 Å². The van der Waals surface area contributed by atoms with Crippen LogP contribution in [-0.2, 0) is 14.6 Å². The summed E-state index contributed by atoms with van der Waals surface area (Å²) >= 11 is 0. The van der Waals surface area contributed by atoms with Gasteiger partial charge in [-0.15, -0.1) is 0 Å².